The average molecular weight is 207 g/mol. The van der Waals surface area contributed by atoms with Gasteiger partial charge in [-0.1, -0.05) is 32.6 Å². The molecule has 72 valence electrons. The second-order valence-electron chi connectivity index (χ2n) is 2.70. The quantitative estimate of drug-likeness (QED) is 0.400. The number of unbranched alkanes of at least 4 members (excludes halogenated alkanes) is 4. The lowest BCUT2D eigenvalue weighted by atomic mass is 10.2. The molecule has 0 rings (SSSR count). The summed E-state index contributed by atoms with van der Waals surface area (Å²) in [4.78, 5) is 0. The Labute approximate surface area is 90.8 Å². The summed E-state index contributed by atoms with van der Waals surface area (Å²) >= 11 is 0. The van der Waals surface area contributed by atoms with Gasteiger partial charge in [0.05, 0.1) is 5.75 Å². The van der Waals surface area contributed by atoms with Gasteiger partial charge in [0.15, 0.2) is 0 Å². The molecule has 3 nitrogen and oxygen atoms in total. The van der Waals surface area contributed by atoms with Gasteiger partial charge in [-0.25, -0.2) is 0 Å². The molecule has 5 heteroatoms. The monoisotopic (exact) mass is 206 g/mol. The fourth-order valence-electron chi connectivity index (χ4n) is 0.888. The van der Waals surface area contributed by atoms with Crippen molar-refractivity contribution in [2.75, 3.05) is 5.75 Å². The van der Waals surface area contributed by atoms with Crippen LogP contribution in [0.4, 0.5) is 0 Å². The van der Waals surface area contributed by atoms with Crippen molar-refractivity contribution in [1.29, 1.82) is 0 Å². The highest BCUT2D eigenvalue weighted by Crippen LogP contribution is 2.03. The van der Waals surface area contributed by atoms with Gasteiger partial charge < -0.3 is 0 Å². The molecule has 0 aliphatic rings. The Hall–Kier alpha value is 0.676. The smallest absolute Gasteiger partial charge is 0.286 e. The van der Waals surface area contributed by atoms with Crippen molar-refractivity contribution in [3.05, 3.63) is 0 Å². The van der Waals surface area contributed by atoms with Crippen molar-refractivity contribution >= 4 is 33.2 Å². The molecule has 0 aromatic carbocycles. The van der Waals surface area contributed by atoms with Gasteiger partial charge in [-0.2, -0.15) is 8.42 Å². The number of hydrogen-bond acceptors (Lipinski definition) is 2. The molecule has 0 spiro atoms. The Kier molecular flexibility index (Phi) is 10.5. The normalized spacial score (nSPS) is 10.8. The van der Waals surface area contributed by atoms with E-state index in [4.69, 9.17) is 4.55 Å². The van der Waals surface area contributed by atoms with E-state index in [1.807, 2.05) is 0 Å². The standard InChI is InChI=1S/C7H16O3S.Mg.2H/c1-2-3-4-5-6-7-11(8,9)10;;;/h2-7H2,1H3,(H,8,9,10);;;. The lowest BCUT2D eigenvalue weighted by molar-refractivity contribution is 0.479. The molecule has 0 aromatic rings. The summed E-state index contributed by atoms with van der Waals surface area (Å²) in [5.41, 5.74) is 0. The molecule has 1 N–H and O–H groups in total. The van der Waals surface area contributed by atoms with Crippen LogP contribution in [-0.4, -0.2) is 41.8 Å². The van der Waals surface area contributed by atoms with Crippen LogP contribution in [0.3, 0.4) is 0 Å². The fraction of sp³-hybridized carbons (Fsp3) is 1.00. The number of hydrogen-bond donors (Lipinski definition) is 1. The van der Waals surface area contributed by atoms with Crippen molar-refractivity contribution in [2.24, 2.45) is 0 Å². The van der Waals surface area contributed by atoms with Crippen LogP contribution in [0.1, 0.15) is 39.0 Å². The third-order valence-electron chi connectivity index (χ3n) is 1.51. The zero-order chi connectivity index (χ0) is 8.74. The van der Waals surface area contributed by atoms with Crippen LogP contribution < -0.4 is 0 Å². The molecule has 0 heterocycles. The zero-order valence-corrected chi connectivity index (χ0v) is 7.73. The fourth-order valence-corrected chi connectivity index (χ4v) is 1.46. The van der Waals surface area contributed by atoms with E-state index in [-0.39, 0.29) is 28.8 Å². The molecule has 0 radical (unpaired) electrons. The topological polar surface area (TPSA) is 54.4 Å². The van der Waals surface area contributed by atoms with Crippen molar-refractivity contribution in [2.45, 2.75) is 39.0 Å². The maximum atomic E-state index is 10.2. The van der Waals surface area contributed by atoms with Crippen LogP contribution in [-0.2, 0) is 10.1 Å². The minimum absolute atomic E-state index is 0. The van der Waals surface area contributed by atoms with E-state index in [9.17, 15) is 8.42 Å². The van der Waals surface area contributed by atoms with E-state index < -0.39 is 10.1 Å². The van der Waals surface area contributed by atoms with Crippen molar-refractivity contribution in [3.8, 4) is 0 Å². The molecule has 0 fully saturated rings. The Morgan fingerprint density at radius 3 is 2.00 bits per heavy atom. The van der Waals surface area contributed by atoms with Gasteiger partial charge in [-0.15, -0.1) is 0 Å². The Balaban J connectivity index is 0. The minimum Gasteiger partial charge on any atom is -0.286 e. The highest BCUT2D eigenvalue weighted by atomic mass is 32.2. The maximum Gasteiger partial charge on any atom is 0.316 e. The van der Waals surface area contributed by atoms with Gasteiger partial charge in [0.2, 0.25) is 0 Å². The first-order valence-corrected chi connectivity index (χ1v) is 5.62. The summed E-state index contributed by atoms with van der Waals surface area (Å²) < 4.78 is 28.8. The maximum absolute atomic E-state index is 10.2. The van der Waals surface area contributed by atoms with Crippen LogP contribution in [0.15, 0.2) is 0 Å². The summed E-state index contributed by atoms with van der Waals surface area (Å²) in [5.74, 6) is -0.0866. The molecule has 0 unspecified atom stereocenters. The highest BCUT2D eigenvalue weighted by molar-refractivity contribution is 7.85. The summed E-state index contributed by atoms with van der Waals surface area (Å²) in [6, 6.07) is 0. The summed E-state index contributed by atoms with van der Waals surface area (Å²) in [7, 11) is -3.71. The SMILES string of the molecule is CCCCCCCS(=O)(=O)O.[MgH2]. The largest absolute Gasteiger partial charge is 0.316 e. The summed E-state index contributed by atoms with van der Waals surface area (Å²) in [6.07, 6.45) is 4.83. The van der Waals surface area contributed by atoms with E-state index in [1.54, 1.807) is 0 Å². The molecular weight excluding hydrogens is 188 g/mol. The van der Waals surface area contributed by atoms with E-state index in [1.165, 1.54) is 0 Å². The Bertz CT molecular complexity index is 177. The molecule has 0 aliphatic carbocycles. The van der Waals surface area contributed by atoms with Crippen LogP contribution in [0.2, 0.25) is 0 Å². The zero-order valence-electron chi connectivity index (χ0n) is 6.91. The molecule has 0 aromatic heterocycles. The van der Waals surface area contributed by atoms with Crippen LogP contribution >= 0.6 is 0 Å². The molecule has 12 heavy (non-hydrogen) atoms. The van der Waals surface area contributed by atoms with E-state index in [2.05, 4.69) is 6.92 Å². The predicted molar refractivity (Wildman–Crippen MR) is 53.7 cm³/mol. The first-order chi connectivity index (χ1) is 5.06. The molecule has 0 aliphatic heterocycles. The number of rotatable bonds is 6. The molecule has 0 saturated carbocycles. The van der Waals surface area contributed by atoms with E-state index in [0.717, 1.165) is 25.7 Å². The van der Waals surface area contributed by atoms with Crippen molar-refractivity contribution < 1.29 is 13.0 Å². The third-order valence-corrected chi connectivity index (χ3v) is 2.31. The first kappa shape index (κ1) is 15.2. The van der Waals surface area contributed by atoms with Gasteiger partial charge in [-0.05, 0) is 6.42 Å². The van der Waals surface area contributed by atoms with Gasteiger partial charge in [0.1, 0.15) is 0 Å². The Morgan fingerprint density at radius 1 is 1.08 bits per heavy atom. The van der Waals surface area contributed by atoms with Crippen molar-refractivity contribution in [1.82, 2.24) is 0 Å². The second-order valence-corrected chi connectivity index (χ2v) is 4.27. The molecule has 0 saturated heterocycles. The van der Waals surface area contributed by atoms with E-state index in [0.29, 0.717) is 6.42 Å². The molecule has 0 bridgehead atoms. The summed E-state index contributed by atoms with van der Waals surface area (Å²) in [6.45, 7) is 2.10. The lowest BCUT2D eigenvalue weighted by Gasteiger charge is -1.96. The van der Waals surface area contributed by atoms with Gasteiger partial charge in [-0.3, -0.25) is 4.55 Å². The van der Waals surface area contributed by atoms with Crippen LogP contribution in [0, 0.1) is 0 Å². The molecular formula is C7H18MgO3S. The highest BCUT2D eigenvalue weighted by Gasteiger charge is 2.02. The minimum atomic E-state index is -3.71. The van der Waals surface area contributed by atoms with Gasteiger partial charge >= 0.3 is 23.1 Å². The second kappa shape index (κ2) is 8.28. The van der Waals surface area contributed by atoms with Gasteiger partial charge in [0, 0.05) is 0 Å². The van der Waals surface area contributed by atoms with Gasteiger partial charge in [0.25, 0.3) is 10.1 Å². The van der Waals surface area contributed by atoms with Crippen molar-refractivity contribution in [3.63, 3.8) is 0 Å². The summed E-state index contributed by atoms with van der Waals surface area (Å²) in [5, 5.41) is 0. The third kappa shape index (κ3) is 13.3. The van der Waals surface area contributed by atoms with Crippen LogP contribution in [0.5, 0.6) is 0 Å². The Morgan fingerprint density at radius 2 is 1.58 bits per heavy atom. The predicted octanol–water partition coefficient (Wildman–Crippen LogP) is 0.928. The lowest BCUT2D eigenvalue weighted by Crippen LogP contribution is -2.03. The first-order valence-electron chi connectivity index (χ1n) is 4.01. The van der Waals surface area contributed by atoms with E-state index >= 15 is 0 Å². The molecule has 0 atom stereocenters. The average Bonchev–Trinajstić information content (AvgIpc) is 1.85. The van der Waals surface area contributed by atoms with Crippen LogP contribution in [0.25, 0.3) is 0 Å². The molecule has 0 amide bonds.